The van der Waals surface area contributed by atoms with Gasteiger partial charge in [-0.3, -0.25) is 0 Å². The molecule has 0 N–H and O–H groups in total. The van der Waals surface area contributed by atoms with Gasteiger partial charge in [0, 0.05) is 6.07 Å². The predicted octanol–water partition coefficient (Wildman–Crippen LogP) is 6.17. The van der Waals surface area contributed by atoms with Gasteiger partial charge in [0.25, 0.3) is 8.32 Å². The minimum atomic E-state index is -1.88. The zero-order valence-corrected chi connectivity index (χ0v) is 16.1. The highest BCUT2D eigenvalue weighted by molar-refractivity contribution is 6.78. The number of ether oxygens (including phenoxy) is 1. The molecule has 0 atom stereocenters. The van der Waals surface area contributed by atoms with Crippen LogP contribution in [0.2, 0.25) is 16.6 Å². The van der Waals surface area contributed by atoms with Crippen molar-refractivity contribution >= 4 is 8.32 Å². The summed E-state index contributed by atoms with van der Waals surface area (Å²) in [5.41, 5.74) is 1.76. The van der Waals surface area contributed by atoms with Crippen LogP contribution in [0, 0.1) is 0 Å². The van der Waals surface area contributed by atoms with Crippen LogP contribution in [0.4, 0.5) is 0 Å². The standard InChI is InChI=1S/C19H32O2Si/c1-14(2)22(15(3)4,16(5)6)21-19-12-8-11-18(13-19)20-17-9-7-10-17/h8,11-17H,7,9-10H2,1-6H3. The van der Waals surface area contributed by atoms with E-state index in [1.54, 1.807) is 0 Å². The van der Waals surface area contributed by atoms with Crippen molar-refractivity contribution in [2.75, 3.05) is 0 Å². The first-order valence-corrected chi connectivity index (χ1v) is 11.0. The molecule has 1 aromatic carbocycles. The first-order chi connectivity index (χ1) is 10.4. The SMILES string of the molecule is CC(C)[Si](Oc1cccc(OC2CCC2)c1)(C(C)C)C(C)C. The van der Waals surface area contributed by atoms with E-state index in [4.69, 9.17) is 9.16 Å². The minimum absolute atomic E-state index is 0.414. The van der Waals surface area contributed by atoms with Crippen LogP contribution in [0.3, 0.4) is 0 Å². The van der Waals surface area contributed by atoms with E-state index in [9.17, 15) is 0 Å². The van der Waals surface area contributed by atoms with E-state index in [0.29, 0.717) is 22.7 Å². The van der Waals surface area contributed by atoms with Crippen LogP contribution in [0.15, 0.2) is 24.3 Å². The summed E-state index contributed by atoms with van der Waals surface area (Å²) in [6.07, 6.45) is 4.09. The third-order valence-electron chi connectivity index (χ3n) is 5.16. The van der Waals surface area contributed by atoms with Crippen molar-refractivity contribution in [3.63, 3.8) is 0 Å². The zero-order chi connectivity index (χ0) is 16.3. The zero-order valence-electron chi connectivity index (χ0n) is 15.1. The highest BCUT2D eigenvalue weighted by Crippen LogP contribution is 2.43. The van der Waals surface area contributed by atoms with Crippen molar-refractivity contribution in [3.8, 4) is 11.5 Å². The molecule has 2 nitrogen and oxygen atoms in total. The molecule has 0 spiro atoms. The minimum Gasteiger partial charge on any atom is -0.543 e. The van der Waals surface area contributed by atoms with Crippen LogP contribution in [-0.2, 0) is 0 Å². The molecule has 1 aliphatic rings. The summed E-state index contributed by atoms with van der Waals surface area (Å²) in [5, 5.41) is 0. The smallest absolute Gasteiger partial charge is 0.258 e. The van der Waals surface area contributed by atoms with E-state index in [1.165, 1.54) is 19.3 Å². The van der Waals surface area contributed by atoms with Crippen LogP contribution < -0.4 is 9.16 Å². The Morgan fingerprint density at radius 3 is 1.91 bits per heavy atom. The second-order valence-corrected chi connectivity index (χ2v) is 12.9. The summed E-state index contributed by atoms with van der Waals surface area (Å²) in [6, 6.07) is 8.29. The maximum absolute atomic E-state index is 6.72. The van der Waals surface area contributed by atoms with Gasteiger partial charge in [-0.1, -0.05) is 47.6 Å². The van der Waals surface area contributed by atoms with Gasteiger partial charge in [-0.15, -0.1) is 0 Å². The Kier molecular flexibility index (Phi) is 5.59. The average Bonchev–Trinajstić information content (AvgIpc) is 2.39. The highest BCUT2D eigenvalue weighted by atomic mass is 28.4. The summed E-state index contributed by atoms with van der Waals surface area (Å²) >= 11 is 0. The van der Waals surface area contributed by atoms with Crippen molar-refractivity contribution in [3.05, 3.63) is 24.3 Å². The lowest BCUT2D eigenvalue weighted by Gasteiger charge is -2.42. The van der Waals surface area contributed by atoms with E-state index < -0.39 is 8.32 Å². The van der Waals surface area contributed by atoms with Gasteiger partial charge in [-0.05, 0) is 48.0 Å². The monoisotopic (exact) mass is 320 g/mol. The maximum atomic E-state index is 6.72. The Bertz CT molecular complexity index is 456. The maximum Gasteiger partial charge on any atom is 0.258 e. The fraction of sp³-hybridized carbons (Fsp3) is 0.684. The first-order valence-electron chi connectivity index (χ1n) is 8.82. The Morgan fingerprint density at radius 1 is 0.909 bits per heavy atom. The van der Waals surface area contributed by atoms with E-state index in [0.717, 1.165) is 11.5 Å². The molecule has 2 rings (SSSR count). The number of benzene rings is 1. The quantitative estimate of drug-likeness (QED) is 0.559. The van der Waals surface area contributed by atoms with Crippen molar-refractivity contribution in [1.29, 1.82) is 0 Å². The molecule has 22 heavy (non-hydrogen) atoms. The van der Waals surface area contributed by atoms with Gasteiger partial charge in [0.15, 0.2) is 0 Å². The Morgan fingerprint density at radius 2 is 1.45 bits per heavy atom. The van der Waals surface area contributed by atoms with Gasteiger partial charge in [0.2, 0.25) is 0 Å². The lowest BCUT2D eigenvalue weighted by molar-refractivity contribution is 0.120. The van der Waals surface area contributed by atoms with Gasteiger partial charge in [0.05, 0.1) is 6.10 Å². The molecule has 0 aliphatic heterocycles. The third kappa shape index (κ3) is 3.50. The molecule has 124 valence electrons. The Hall–Kier alpha value is -0.963. The molecule has 0 saturated heterocycles. The molecule has 1 fully saturated rings. The highest BCUT2D eigenvalue weighted by Gasteiger charge is 2.47. The van der Waals surface area contributed by atoms with Crippen LogP contribution >= 0.6 is 0 Å². The Balaban J connectivity index is 2.20. The van der Waals surface area contributed by atoms with Gasteiger partial charge in [-0.25, -0.2) is 0 Å². The average molecular weight is 321 g/mol. The molecule has 0 aromatic heterocycles. The van der Waals surface area contributed by atoms with Crippen LogP contribution in [0.1, 0.15) is 60.8 Å². The molecule has 1 saturated carbocycles. The molecule has 0 radical (unpaired) electrons. The first kappa shape index (κ1) is 17.4. The van der Waals surface area contributed by atoms with Crippen molar-refractivity contribution < 1.29 is 9.16 Å². The molecule has 1 aliphatic carbocycles. The van der Waals surface area contributed by atoms with E-state index in [1.807, 2.05) is 0 Å². The lowest BCUT2D eigenvalue weighted by atomic mass is 9.96. The third-order valence-corrected chi connectivity index (χ3v) is 11.2. The number of rotatable bonds is 7. The van der Waals surface area contributed by atoms with Crippen molar-refractivity contribution in [2.45, 2.75) is 83.5 Å². The fourth-order valence-corrected chi connectivity index (χ4v) is 9.09. The summed E-state index contributed by atoms with van der Waals surface area (Å²) in [6.45, 7) is 13.9. The van der Waals surface area contributed by atoms with Gasteiger partial charge < -0.3 is 9.16 Å². The van der Waals surface area contributed by atoms with Crippen LogP contribution in [-0.4, -0.2) is 14.4 Å². The lowest BCUT2D eigenvalue weighted by Crippen LogP contribution is -2.50. The van der Waals surface area contributed by atoms with E-state index in [-0.39, 0.29) is 0 Å². The molecule has 0 unspecified atom stereocenters. The normalized spacial score (nSPS) is 16.2. The van der Waals surface area contributed by atoms with Gasteiger partial charge in [-0.2, -0.15) is 0 Å². The number of hydrogen-bond donors (Lipinski definition) is 0. The van der Waals surface area contributed by atoms with Crippen molar-refractivity contribution in [1.82, 2.24) is 0 Å². The van der Waals surface area contributed by atoms with Crippen LogP contribution in [0.5, 0.6) is 11.5 Å². The molecule has 3 heteroatoms. The van der Waals surface area contributed by atoms with Crippen LogP contribution in [0.25, 0.3) is 0 Å². The molecule has 0 bridgehead atoms. The predicted molar refractivity (Wildman–Crippen MR) is 96.4 cm³/mol. The second kappa shape index (κ2) is 7.07. The molecular formula is C19H32O2Si. The summed E-state index contributed by atoms with van der Waals surface area (Å²) in [7, 11) is -1.88. The van der Waals surface area contributed by atoms with Gasteiger partial charge >= 0.3 is 0 Å². The van der Waals surface area contributed by atoms with E-state index >= 15 is 0 Å². The summed E-state index contributed by atoms with van der Waals surface area (Å²) in [5.74, 6) is 1.95. The topological polar surface area (TPSA) is 18.5 Å². The second-order valence-electron chi connectivity index (χ2n) is 7.57. The molecule has 0 heterocycles. The largest absolute Gasteiger partial charge is 0.543 e. The molecule has 1 aromatic rings. The van der Waals surface area contributed by atoms with E-state index in [2.05, 4.69) is 65.8 Å². The fourth-order valence-electron chi connectivity index (χ4n) is 3.85. The molecular weight excluding hydrogens is 288 g/mol. The van der Waals surface area contributed by atoms with Crippen molar-refractivity contribution in [2.24, 2.45) is 0 Å². The summed E-state index contributed by atoms with van der Waals surface area (Å²) in [4.78, 5) is 0. The number of hydrogen-bond acceptors (Lipinski definition) is 2. The summed E-state index contributed by atoms with van der Waals surface area (Å²) < 4.78 is 12.7. The Labute approximate surface area is 137 Å². The van der Waals surface area contributed by atoms with Gasteiger partial charge in [0.1, 0.15) is 11.5 Å². The molecule has 0 amide bonds.